The monoisotopic (exact) mass is 216 g/mol. The van der Waals surface area contributed by atoms with E-state index in [1.807, 2.05) is 19.1 Å². The Bertz CT molecular complexity index is 285. The summed E-state index contributed by atoms with van der Waals surface area (Å²) < 4.78 is 28.1. The Balaban J connectivity index is 2.40. The first kappa shape index (κ1) is 12.1. The minimum atomic E-state index is -2.49. The molecule has 4 heteroatoms. The molecule has 1 aromatic carbocycles. The number of rotatable bonds is 5. The fraction of sp³-hybridized carbons (Fsp3) is 0.455. The SMILES string of the molecule is Cc1ccc(C(O)COCC(F)F)cc1. The number of benzene rings is 1. The van der Waals surface area contributed by atoms with E-state index in [-0.39, 0.29) is 6.61 Å². The molecule has 0 aliphatic heterocycles. The Kier molecular flexibility index (Phi) is 4.65. The van der Waals surface area contributed by atoms with Crippen molar-refractivity contribution in [3.63, 3.8) is 0 Å². The third-order valence-corrected chi connectivity index (χ3v) is 1.98. The Morgan fingerprint density at radius 2 is 1.80 bits per heavy atom. The number of hydrogen-bond donors (Lipinski definition) is 1. The quantitative estimate of drug-likeness (QED) is 0.818. The molecule has 0 aliphatic rings. The summed E-state index contributed by atoms with van der Waals surface area (Å²) >= 11 is 0. The van der Waals surface area contributed by atoms with Crippen molar-refractivity contribution in [2.45, 2.75) is 19.5 Å². The zero-order valence-corrected chi connectivity index (χ0v) is 8.49. The second kappa shape index (κ2) is 5.78. The average molecular weight is 216 g/mol. The summed E-state index contributed by atoms with van der Waals surface area (Å²) in [6.45, 7) is 1.19. The van der Waals surface area contributed by atoms with Crippen LogP contribution in [0.1, 0.15) is 17.2 Å². The van der Waals surface area contributed by atoms with Crippen LogP contribution in [0, 0.1) is 6.92 Å². The second-order valence-corrected chi connectivity index (χ2v) is 3.36. The van der Waals surface area contributed by atoms with Crippen molar-refractivity contribution in [1.29, 1.82) is 0 Å². The number of aliphatic hydroxyl groups excluding tert-OH is 1. The Morgan fingerprint density at radius 1 is 1.20 bits per heavy atom. The predicted octanol–water partition coefficient (Wildman–Crippen LogP) is 2.31. The largest absolute Gasteiger partial charge is 0.386 e. The molecule has 0 fully saturated rings. The van der Waals surface area contributed by atoms with Crippen LogP contribution in [0.3, 0.4) is 0 Å². The number of aliphatic hydroxyl groups is 1. The van der Waals surface area contributed by atoms with E-state index in [0.29, 0.717) is 5.56 Å². The normalized spacial score (nSPS) is 13.1. The molecule has 0 radical (unpaired) electrons. The van der Waals surface area contributed by atoms with Gasteiger partial charge in [0, 0.05) is 0 Å². The first-order valence-corrected chi connectivity index (χ1v) is 4.70. The summed E-state index contributed by atoms with van der Waals surface area (Å²) in [7, 11) is 0. The highest BCUT2D eigenvalue weighted by Gasteiger charge is 2.09. The first-order valence-electron chi connectivity index (χ1n) is 4.70. The molecule has 1 unspecified atom stereocenters. The molecule has 0 saturated carbocycles. The molecule has 0 heterocycles. The molecule has 15 heavy (non-hydrogen) atoms. The van der Waals surface area contributed by atoms with E-state index >= 15 is 0 Å². The van der Waals surface area contributed by atoms with Crippen LogP contribution in [0.25, 0.3) is 0 Å². The van der Waals surface area contributed by atoms with Gasteiger partial charge >= 0.3 is 0 Å². The summed E-state index contributed by atoms with van der Waals surface area (Å²) in [5.41, 5.74) is 1.76. The maximum Gasteiger partial charge on any atom is 0.261 e. The number of halogens is 2. The van der Waals surface area contributed by atoms with E-state index in [0.717, 1.165) is 5.56 Å². The van der Waals surface area contributed by atoms with Crippen molar-refractivity contribution in [3.05, 3.63) is 35.4 Å². The molecule has 0 amide bonds. The zero-order chi connectivity index (χ0) is 11.3. The number of aryl methyl sites for hydroxylation is 1. The minimum Gasteiger partial charge on any atom is -0.386 e. The van der Waals surface area contributed by atoms with Gasteiger partial charge < -0.3 is 9.84 Å². The number of ether oxygens (including phenoxy) is 1. The van der Waals surface area contributed by atoms with Crippen molar-refractivity contribution < 1.29 is 18.6 Å². The van der Waals surface area contributed by atoms with Crippen LogP contribution < -0.4 is 0 Å². The highest BCUT2D eigenvalue weighted by atomic mass is 19.3. The molecule has 1 N–H and O–H groups in total. The molecule has 0 aliphatic carbocycles. The van der Waals surface area contributed by atoms with Crippen molar-refractivity contribution in [3.8, 4) is 0 Å². The summed E-state index contributed by atoms with van der Waals surface area (Å²) in [6, 6.07) is 7.22. The average Bonchev–Trinajstić information content (AvgIpc) is 2.18. The Hall–Kier alpha value is -1.00. The van der Waals surface area contributed by atoms with Crippen LogP contribution in [0.5, 0.6) is 0 Å². The zero-order valence-electron chi connectivity index (χ0n) is 8.49. The van der Waals surface area contributed by atoms with Gasteiger partial charge in [0.2, 0.25) is 0 Å². The molecular weight excluding hydrogens is 202 g/mol. The molecule has 0 spiro atoms. The standard InChI is InChI=1S/C11H14F2O2/c1-8-2-4-9(5-3-8)10(14)6-15-7-11(12)13/h2-5,10-11,14H,6-7H2,1H3. The molecule has 2 nitrogen and oxygen atoms in total. The molecule has 1 rings (SSSR count). The fourth-order valence-corrected chi connectivity index (χ4v) is 1.15. The molecular formula is C11H14F2O2. The van der Waals surface area contributed by atoms with Gasteiger partial charge in [-0.3, -0.25) is 0 Å². The third kappa shape index (κ3) is 4.36. The second-order valence-electron chi connectivity index (χ2n) is 3.36. The van der Waals surface area contributed by atoms with Gasteiger partial charge in [0.15, 0.2) is 0 Å². The summed E-state index contributed by atoms with van der Waals surface area (Å²) in [6.07, 6.45) is -3.33. The molecule has 0 aromatic heterocycles. The number of hydrogen-bond acceptors (Lipinski definition) is 2. The summed E-state index contributed by atoms with van der Waals surface area (Å²) in [5, 5.41) is 9.55. The third-order valence-electron chi connectivity index (χ3n) is 1.98. The van der Waals surface area contributed by atoms with Crippen molar-refractivity contribution >= 4 is 0 Å². The van der Waals surface area contributed by atoms with Crippen molar-refractivity contribution in [2.24, 2.45) is 0 Å². The Morgan fingerprint density at radius 3 is 2.33 bits per heavy atom. The van der Waals surface area contributed by atoms with Gasteiger partial charge in [-0.25, -0.2) is 8.78 Å². The number of alkyl halides is 2. The Labute approximate surface area is 87.5 Å². The van der Waals surface area contributed by atoms with Crippen LogP contribution in [0.4, 0.5) is 8.78 Å². The van der Waals surface area contributed by atoms with E-state index in [1.54, 1.807) is 12.1 Å². The van der Waals surface area contributed by atoms with Crippen LogP contribution in [-0.4, -0.2) is 24.7 Å². The van der Waals surface area contributed by atoms with Gasteiger partial charge in [-0.15, -0.1) is 0 Å². The smallest absolute Gasteiger partial charge is 0.261 e. The maximum atomic E-state index is 11.7. The fourth-order valence-electron chi connectivity index (χ4n) is 1.15. The molecule has 84 valence electrons. The van der Waals surface area contributed by atoms with E-state index in [4.69, 9.17) is 0 Å². The highest BCUT2D eigenvalue weighted by molar-refractivity contribution is 5.23. The van der Waals surface area contributed by atoms with Gasteiger partial charge in [0.05, 0.1) is 6.61 Å². The van der Waals surface area contributed by atoms with Crippen LogP contribution in [0.2, 0.25) is 0 Å². The van der Waals surface area contributed by atoms with Crippen LogP contribution >= 0.6 is 0 Å². The minimum absolute atomic E-state index is 0.104. The van der Waals surface area contributed by atoms with Gasteiger partial charge in [-0.1, -0.05) is 29.8 Å². The van der Waals surface area contributed by atoms with Gasteiger partial charge in [0.25, 0.3) is 6.43 Å². The van der Waals surface area contributed by atoms with Gasteiger partial charge in [-0.05, 0) is 12.5 Å². The van der Waals surface area contributed by atoms with Crippen LogP contribution in [0.15, 0.2) is 24.3 Å². The lowest BCUT2D eigenvalue weighted by Crippen LogP contribution is -2.11. The molecule has 1 atom stereocenters. The topological polar surface area (TPSA) is 29.5 Å². The van der Waals surface area contributed by atoms with E-state index in [2.05, 4.69) is 4.74 Å². The van der Waals surface area contributed by atoms with Crippen LogP contribution in [-0.2, 0) is 4.74 Å². The van der Waals surface area contributed by atoms with Gasteiger partial charge in [-0.2, -0.15) is 0 Å². The summed E-state index contributed by atoms with van der Waals surface area (Å²) in [5.74, 6) is 0. The molecule has 1 aromatic rings. The lowest BCUT2D eigenvalue weighted by Gasteiger charge is -2.11. The van der Waals surface area contributed by atoms with E-state index in [9.17, 15) is 13.9 Å². The lowest BCUT2D eigenvalue weighted by atomic mass is 10.1. The summed E-state index contributed by atoms with van der Waals surface area (Å²) in [4.78, 5) is 0. The predicted molar refractivity (Wildman–Crippen MR) is 53.0 cm³/mol. The lowest BCUT2D eigenvalue weighted by molar-refractivity contribution is -0.0204. The van der Waals surface area contributed by atoms with Crippen molar-refractivity contribution in [1.82, 2.24) is 0 Å². The highest BCUT2D eigenvalue weighted by Crippen LogP contribution is 2.14. The van der Waals surface area contributed by atoms with Gasteiger partial charge in [0.1, 0.15) is 12.7 Å². The van der Waals surface area contributed by atoms with E-state index in [1.165, 1.54) is 0 Å². The first-order chi connectivity index (χ1) is 7.09. The maximum absolute atomic E-state index is 11.7. The molecule has 0 saturated heterocycles. The van der Waals surface area contributed by atoms with Crippen molar-refractivity contribution in [2.75, 3.05) is 13.2 Å². The molecule has 0 bridgehead atoms. The van der Waals surface area contributed by atoms with E-state index < -0.39 is 19.1 Å².